The van der Waals surface area contributed by atoms with Crippen molar-refractivity contribution in [2.75, 3.05) is 0 Å². The number of rotatable bonds is 5. The van der Waals surface area contributed by atoms with Crippen LogP contribution in [0.2, 0.25) is 0 Å². The van der Waals surface area contributed by atoms with Gasteiger partial charge in [0, 0.05) is 0 Å². The molecule has 0 unspecified atom stereocenters. The minimum Gasteiger partial charge on any atom is -0.547 e. The molecule has 0 spiro atoms. The van der Waals surface area contributed by atoms with E-state index in [0.29, 0.717) is 0 Å². The Kier molecular flexibility index (Phi) is 4.44. The molecule has 8 heteroatoms. The third-order valence-electron chi connectivity index (χ3n) is 1.49. The molecule has 4 atom stereocenters. The number of carboxylic acid groups (broad SMARTS) is 2. The second-order valence-corrected chi connectivity index (χ2v) is 2.53. The lowest BCUT2D eigenvalue weighted by molar-refractivity contribution is -0.320. The van der Waals surface area contributed by atoms with Crippen molar-refractivity contribution in [3.05, 3.63) is 0 Å². The highest BCUT2D eigenvalue weighted by atomic mass is 16.4. The van der Waals surface area contributed by atoms with Gasteiger partial charge in [-0.15, -0.1) is 0 Å². The van der Waals surface area contributed by atoms with Gasteiger partial charge < -0.3 is 35.4 Å². The molecule has 8 nitrogen and oxygen atoms in total. The molecular formula is C6H9O8-. The summed E-state index contributed by atoms with van der Waals surface area (Å²) in [5.41, 5.74) is 0. The van der Waals surface area contributed by atoms with Crippen LogP contribution in [0.1, 0.15) is 0 Å². The van der Waals surface area contributed by atoms with Crippen molar-refractivity contribution < 1.29 is 40.2 Å². The van der Waals surface area contributed by atoms with Gasteiger partial charge in [-0.2, -0.15) is 0 Å². The lowest BCUT2D eigenvalue weighted by Gasteiger charge is -2.24. The first-order valence-electron chi connectivity index (χ1n) is 3.45. The van der Waals surface area contributed by atoms with E-state index in [0.717, 1.165) is 0 Å². The zero-order valence-electron chi connectivity index (χ0n) is 6.77. The van der Waals surface area contributed by atoms with E-state index in [1.807, 2.05) is 0 Å². The van der Waals surface area contributed by atoms with Crippen LogP contribution in [0.3, 0.4) is 0 Å². The summed E-state index contributed by atoms with van der Waals surface area (Å²) >= 11 is 0. The highest BCUT2D eigenvalue weighted by Gasteiger charge is 2.34. The van der Waals surface area contributed by atoms with Crippen molar-refractivity contribution in [3.63, 3.8) is 0 Å². The van der Waals surface area contributed by atoms with Gasteiger partial charge in [0.15, 0.2) is 6.10 Å². The van der Waals surface area contributed by atoms with Crippen LogP contribution in [0.15, 0.2) is 0 Å². The first kappa shape index (κ1) is 12.8. The Morgan fingerprint density at radius 2 is 1.29 bits per heavy atom. The van der Waals surface area contributed by atoms with Crippen molar-refractivity contribution in [1.29, 1.82) is 0 Å². The monoisotopic (exact) mass is 209 g/mol. The summed E-state index contributed by atoms with van der Waals surface area (Å²) in [6, 6.07) is 0. The first-order chi connectivity index (χ1) is 6.29. The maximum atomic E-state index is 10.1. The van der Waals surface area contributed by atoms with Crippen LogP contribution in [-0.4, -0.2) is 61.9 Å². The maximum Gasteiger partial charge on any atom is 0.335 e. The van der Waals surface area contributed by atoms with Crippen LogP contribution in [-0.2, 0) is 9.59 Å². The Labute approximate surface area is 77.7 Å². The molecule has 0 aliphatic rings. The molecule has 0 rings (SSSR count). The Bertz CT molecular complexity index is 202. The van der Waals surface area contributed by atoms with E-state index in [4.69, 9.17) is 25.5 Å². The summed E-state index contributed by atoms with van der Waals surface area (Å²) in [4.78, 5) is 20.0. The Hall–Kier alpha value is -1.22. The number of aliphatic hydroxyl groups is 4. The summed E-state index contributed by atoms with van der Waals surface area (Å²) in [6.45, 7) is 0. The Balaban J connectivity index is 4.45. The minimum absolute atomic E-state index is 1.86. The van der Waals surface area contributed by atoms with E-state index >= 15 is 0 Å². The fourth-order valence-corrected chi connectivity index (χ4v) is 0.659. The van der Waals surface area contributed by atoms with Crippen molar-refractivity contribution in [2.24, 2.45) is 0 Å². The highest BCUT2D eigenvalue weighted by Crippen LogP contribution is 2.04. The van der Waals surface area contributed by atoms with Crippen LogP contribution in [0.5, 0.6) is 0 Å². The summed E-state index contributed by atoms with van der Waals surface area (Å²) in [5, 5.41) is 53.1. The number of aliphatic hydroxyl groups excluding tert-OH is 4. The summed E-state index contributed by atoms with van der Waals surface area (Å²) in [5.74, 6) is -3.95. The molecule has 0 saturated carbocycles. The molecule has 0 saturated heterocycles. The van der Waals surface area contributed by atoms with Crippen LogP contribution in [0.25, 0.3) is 0 Å². The highest BCUT2D eigenvalue weighted by molar-refractivity contribution is 5.74. The molecule has 0 aromatic heterocycles. The van der Waals surface area contributed by atoms with Gasteiger partial charge in [0.2, 0.25) is 0 Å². The van der Waals surface area contributed by atoms with Crippen LogP contribution in [0, 0.1) is 0 Å². The van der Waals surface area contributed by atoms with E-state index in [2.05, 4.69) is 0 Å². The fraction of sp³-hybridized carbons (Fsp3) is 0.667. The number of carbonyl (C=O) groups excluding carboxylic acids is 1. The minimum atomic E-state index is -2.47. The standard InChI is InChI=1S/C6H10O8/c7-1(3(9)5(11)12)2(8)4(10)6(13)14/h1-4,7-10H,(H,11,12)(H,13,14)/p-1/t1-,2-,3-,4+/m1/s1. The Morgan fingerprint density at radius 3 is 1.57 bits per heavy atom. The van der Waals surface area contributed by atoms with Gasteiger partial charge in [0.05, 0.1) is 5.97 Å². The van der Waals surface area contributed by atoms with Crippen molar-refractivity contribution in [1.82, 2.24) is 0 Å². The molecule has 0 heterocycles. The van der Waals surface area contributed by atoms with Crippen LogP contribution in [0.4, 0.5) is 0 Å². The van der Waals surface area contributed by atoms with Gasteiger partial charge in [0.25, 0.3) is 0 Å². The molecule has 14 heavy (non-hydrogen) atoms. The summed E-state index contributed by atoms with van der Waals surface area (Å²) in [6.07, 6.45) is -9.52. The number of hydrogen-bond donors (Lipinski definition) is 5. The number of aliphatic carboxylic acids is 2. The van der Waals surface area contributed by atoms with Crippen LogP contribution < -0.4 is 5.11 Å². The van der Waals surface area contributed by atoms with Crippen LogP contribution >= 0.6 is 0 Å². The van der Waals surface area contributed by atoms with Gasteiger partial charge in [-0.05, 0) is 0 Å². The zero-order chi connectivity index (χ0) is 11.5. The number of carboxylic acids is 2. The molecular weight excluding hydrogens is 200 g/mol. The van der Waals surface area contributed by atoms with Gasteiger partial charge in [0.1, 0.15) is 18.3 Å². The maximum absolute atomic E-state index is 10.1. The van der Waals surface area contributed by atoms with E-state index in [-0.39, 0.29) is 0 Å². The number of hydrogen-bond acceptors (Lipinski definition) is 7. The molecule has 0 radical (unpaired) electrons. The molecule has 0 aliphatic heterocycles. The van der Waals surface area contributed by atoms with E-state index in [9.17, 15) is 14.7 Å². The molecule has 0 fully saturated rings. The molecule has 0 aliphatic carbocycles. The molecule has 0 bridgehead atoms. The molecule has 5 N–H and O–H groups in total. The lowest BCUT2D eigenvalue weighted by atomic mass is 10.0. The van der Waals surface area contributed by atoms with E-state index < -0.39 is 36.4 Å². The molecule has 0 aromatic rings. The summed E-state index contributed by atoms with van der Waals surface area (Å²) in [7, 11) is 0. The second kappa shape index (κ2) is 4.86. The topological polar surface area (TPSA) is 158 Å². The largest absolute Gasteiger partial charge is 0.547 e. The molecule has 0 amide bonds. The van der Waals surface area contributed by atoms with Gasteiger partial charge in [-0.3, -0.25) is 0 Å². The van der Waals surface area contributed by atoms with Crippen molar-refractivity contribution >= 4 is 11.9 Å². The lowest BCUT2D eigenvalue weighted by Crippen LogP contribution is -2.53. The van der Waals surface area contributed by atoms with E-state index in [1.54, 1.807) is 0 Å². The third-order valence-corrected chi connectivity index (χ3v) is 1.49. The predicted octanol–water partition coefficient (Wildman–Crippen LogP) is -4.74. The van der Waals surface area contributed by atoms with Gasteiger partial charge >= 0.3 is 5.97 Å². The molecule has 0 aromatic carbocycles. The van der Waals surface area contributed by atoms with Crippen molar-refractivity contribution in [3.8, 4) is 0 Å². The number of carbonyl (C=O) groups is 2. The zero-order valence-corrected chi connectivity index (χ0v) is 6.77. The summed E-state index contributed by atoms with van der Waals surface area (Å²) < 4.78 is 0. The van der Waals surface area contributed by atoms with Gasteiger partial charge in [-0.25, -0.2) is 4.79 Å². The smallest absolute Gasteiger partial charge is 0.335 e. The SMILES string of the molecule is O=C(O)[C@@H](O)[C@H](O)[C@@H](O)[C@@H](O)C(=O)[O-]. The average Bonchev–Trinajstić information content (AvgIpc) is 2.12. The quantitative estimate of drug-likeness (QED) is 0.302. The normalized spacial score (nSPS) is 19.4. The van der Waals surface area contributed by atoms with E-state index in [1.165, 1.54) is 0 Å². The van der Waals surface area contributed by atoms with Gasteiger partial charge in [-0.1, -0.05) is 0 Å². The average molecular weight is 209 g/mol. The third kappa shape index (κ3) is 2.92. The fourth-order valence-electron chi connectivity index (χ4n) is 0.659. The predicted molar refractivity (Wildman–Crippen MR) is 36.7 cm³/mol. The second-order valence-electron chi connectivity index (χ2n) is 2.53. The van der Waals surface area contributed by atoms with Crippen molar-refractivity contribution in [2.45, 2.75) is 24.4 Å². The first-order valence-corrected chi connectivity index (χ1v) is 3.45. The Morgan fingerprint density at radius 1 is 0.929 bits per heavy atom. The molecule has 82 valence electrons.